The molecule has 0 spiro atoms. The van der Waals surface area contributed by atoms with Crippen molar-refractivity contribution < 1.29 is 19.5 Å². The van der Waals surface area contributed by atoms with E-state index in [9.17, 15) is 19.5 Å². The molecule has 2 rings (SSSR count). The summed E-state index contributed by atoms with van der Waals surface area (Å²) in [5.74, 6) is -2.04. The topological polar surface area (TPSA) is 101 Å². The van der Waals surface area contributed by atoms with Gasteiger partial charge in [0.25, 0.3) is 5.91 Å². The molecule has 106 valence electrons. The van der Waals surface area contributed by atoms with Crippen LogP contribution in [0.1, 0.15) is 40.5 Å². The van der Waals surface area contributed by atoms with Crippen LogP contribution in [0.5, 0.6) is 0 Å². The van der Waals surface area contributed by atoms with Crippen LogP contribution in [0.4, 0.5) is 0 Å². The Morgan fingerprint density at radius 1 is 1.30 bits per heavy atom. The molecule has 1 aromatic rings. The molecular weight excluding hydrogens is 260 g/mol. The zero-order valence-corrected chi connectivity index (χ0v) is 11.1. The van der Waals surface area contributed by atoms with Crippen molar-refractivity contribution in [3.05, 3.63) is 35.4 Å². The van der Waals surface area contributed by atoms with Gasteiger partial charge < -0.3 is 15.7 Å². The highest BCUT2D eigenvalue weighted by atomic mass is 16.4. The van der Waals surface area contributed by atoms with Gasteiger partial charge in [0.05, 0.1) is 0 Å². The lowest BCUT2D eigenvalue weighted by Crippen LogP contribution is -2.50. The molecule has 1 unspecified atom stereocenters. The fourth-order valence-electron chi connectivity index (χ4n) is 2.47. The van der Waals surface area contributed by atoms with Gasteiger partial charge in [-0.05, 0) is 38.0 Å². The van der Waals surface area contributed by atoms with Crippen molar-refractivity contribution in [2.24, 2.45) is 5.73 Å². The molecule has 0 aliphatic carbocycles. The summed E-state index contributed by atoms with van der Waals surface area (Å²) >= 11 is 0. The second-order valence-electron chi connectivity index (χ2n) is 5.08. The third-order valence-corrected chi connectivity index (χ3v) is 3.74. The summed E-state index contributed by atoms with van der Waals surface area (Å²) < 4.78 is 0. The highest BCUT2D eigenvalue weighted by molar-refractivity contribution is 6.01. The predicted octanol–water partition coefficient (Wildman–Crippen LogP) is 0.865. The van der Waals surface area contributed by atoms with Crippen molar-refractivity contribution in [2.75, 3.05) is 6.54 Å². The van der Waals surface area contributed by atoms with Gasteiger partial charge in [-0.2, -0.15) is 0 Å². The van der Waals surface area contributed by atoms with Crippen molar-refractivity contribution >= 4 is 17.8 Å². The standard InChI is InChI=1S/C14H16N2O4/c1-14(13(19)20)6-3-7-16(14)12(18)10-5-2-4-9(8-10)11(15)17/h2,4-5,8H,3,6-7H2,1H3,(H2,15,17)(H,19,20). The maximum Gasteiger partial charge on any atom is 0.329 e. The van der Waals surface area contributed by atoms with Crippen LogP contribution in [0.25, 0.3) is 0 Å². The molecule has 6 nitrogen and oxygen atoms in total. The van der Waals surface area contributed by atoms with E-state index in [0.717, 1.165) is 0 Å². The monoisotopic (exact) mass is 276 g/mol. The zero-order valence-electron chi connectivity index (χ0n) is 11.1. The van der Waals surface area contributed by atoms with E-state index in [1.54, 1.807) is 12.1 Å². The number of aliphatic carboxylic acids is 1. The average molecular weight is 276 g/mol. The molecule has 1 aliphatic heterocycles. The number of likely N-dealkylation sites (tertiary alicyclic amines) is 1. The molecule has 1 aromatic carbocycles. The summed E-state index contributed by atoms with van der Waals surface area (Å²) in [4.78, 5) is 36.3. The molecule has 6 heteroatoms. The Kier molecular flexibility index (Phi) is 3.48. The van der Waals surface area contributed by atoms with Crippen LogP contribution in [-0.2, 0) is 4.79 Å². The van der Waals surface area contributed by atoms with E-state index >= 15 is 0 Å². The van der Waals surface area contributed by atoms with E-state index in [1.165, 1.54) is 24.0 Å². The molecule has 0 aromatic heterocycles. The minimum Gasteiger partial charge on any atom is -0.480 e. The fraction of sp³-hybridized carbons (Fsp3) is 0.357. The lowest BCUT2D eigenvalue weighted by Gasteiger charge is -2.31. The van der Waals surface area contributed by atoms with Crippen molar-refractivity contribution in [1.29, 1.82) is 0 Å². The molecule has 0 saturated carbocycles. The number of carboxylic acids is 1. The first-order valence-corrected chi connectivity index (χ1v) is 6.31. The van der Waals surface area contributed by atoms with Crippen LogP contribution in [-0.4, -0.2) is 39.9 Å². The van der Waals surface area contributed by atoms with E-state index in [1.807, 2.05) is 0 Å². The molecule has 20 heavy (non-hydrogen) atoms. The number of benzene rings is 1. The number of primary amides is 1. The number of nitrogens with zero attached hydrogens (tertiary/aromatic N) is 1. The van der Waals surface area contributed by atoms with Gasteiger partial charge in [0.15, 0.2) is 0 Å². The van der Waals surface area contributed by atoms with Gasteiger partial charge in [0.2, 0.25) is 5.91 Å². The summed E-state index contributed by atoms with van der Waals surface area (Å²) in [5, 5.41) is 9.31. The first kappa shape index (κ1) is 14.0. The summed E-state index contributed by atoms with van der Waals surface area (Å²) in [5.41, 5.74) is 4.49. The number of carbonyl (C=O) groups excluding carboxylic acids is 2. The van der Waals surface area contributed by atoms with Crippen LogP contribution >= 0.6 is 0 Å². The fourth-order valence-corrected chi connectivity index (χ4v) is 2.47. The smallest absolute Gasteiger partial charge is 0.329 e. The summed E-state index contributed by atoms with van der Waals surface area (Å²) in [6, 6.07) is 6.02. The molecule has 1 aliphatic rings. The molecule has 3 N–H and O–H groups in total. The van der Waals surface area contributed by atoms with Crippen molar-refractivity contribution in [3.8, 4) is 0 Å². The maximum atomic E-state index is 12.5. The summed E-state index contributed by atoms with van der Waals surface area (Å²) in [6.45, 7) is 1.93. The van der Waals surface area contributed by atoms with Gasteiger partial charge in [0, 0.05) is 17.7 Å². The van der Waals surface area contributed by atoms with Crippen LogP contribution in [0.3, 0.4) is 0 Å². The zero-order chi connectivity index (χ0) is 14.9. The first-order valence-electron chi connectivity index (χ1n) is 6.31. The second kappa shape index (κ2) is 4.96. The van der Waals surface area contributed by atoms with Crippen molar-refractivity contribution in [2.45, 2.75) is 25.3 Å². The van der Waals surface area contributed by atoms with Crippen LogP contribution < -0.4 is 5.73 Å². The SMILES string of the molecule is CC1(C(=O)O)CCCN1C(=O)c1cccc(C(N)=O)c1. The van der Waals surface area contributed by atoms with Crippen molar-refractivity contribution in [1.82, 2.24) is 4.90 Å². The highest BCUT2D eigenvalue weighted by Crippen LogP contribution is 2.30. The molecule has 1 saturated heterocycles. The number of carbonyl (C=O) groups is 3. The van der Waals surface area contributed by atoms with Crippen LogP contribution in [0.15, 0.2) is 24.3 Å². The number of amides is 2. The lowest BCUT2D eigenvalue weighted by atomic mass is 9.98. The van der Waals surface area contributed by atoms with E-state index in [-0.39, 0.29) is 11.1 Å². The number of carboxylic acid groups (broad SMARTS) is 1. The lowest BCUT2D eigenvalue weighted by molar-refractivity contribution is -0.147. The second-order valence-corrected chi connectivity index (χ2v) is 5.08. The molecule has 1 fully saturated rings. The Balaban J connectivity index is 2.34. The number of nitrogens with two attached hydrogens (primary N) is 1. The Morgan fingerprint density at radius 3 is 2.55 bits per heavy atom. The van der Waals surface area contributed by atoms with E-state index in [0.29, 0.717) is 19.4 Å². The van der Waals surface area contributed by atoms with Crippen LogP contribution in [0.2, 0.25) is 0 Å². The Bertz CT molecular complexity index is 584. The molecule has 0 radical (unpaired) electrons. The van der Waals surface area contributed by atoms with Gasteiger partial charge in [0.1, 0.15) is 5.54 Å². The molecular formula is C14H16N2O4. The predicted molar refractivity (Wildman–Crippen MR) is 71.3 cm³/mol. The summed E-state index contributed by atoms with van der Waals surface area (Å²) in [7, 11) is 0. The number of hydrogen-bond donors (Lipinski definition) is 2. The van der Waals surface area contributed by atoms with E-state index < -0.39 is 23.3 Å². The normalized spacial score (nSPS) is 21.8. The molecule has 1 atom stereocenters. The Labute approximate surface area is 116 Å². The van der Waals surface area contributed by atoms with Gasteiger partial charge in [-0.1, -0.05) is 6.07 Å². The number of hydrogen-bond acceptors (Lipinski definition) is 3. The third-order valence-electron chi connectivity index (χ3n) is 3.74. The molecule has 1 heterocycles. The van der Waals surface area contributed by atoms with Crippen molar-refractivity contribution in [3.63, 3.8) is 0 Å². The van der Waals surface area contributed by atoms with E-state index in [4.69, 9.17) is 5.73 Å². The van der Waals surface area contributed by atoms with Gasteiger partial charge in [-0.3, -0.25) is 9.59 Å². The van der Waals surface area contributed by atoms with Gasteiger partial charge in [-0.15, -0.1) is 0 Å². The summed E-state index contributed by atoms with van der Waals surface area (Å²) in [6.07, 6.45) is 1.06. The average Bonchev–Trinajstić information content (AvgIpc) is 2.81. The Hall–Kier alpha value is -2.37. The first-order chi connectivity index (χ1) is 9.36. The molecule has 2 amide bonds. The van der Waals surface area contributed by atoms with Crippen LogP contribution in [0, 0.1) is 0 Å². The quantitative estimate of drug-likeness (QED) is 0.855. The maximum absolute atomic E-state index is 12.5. The highest BCUT2D eigenvalue weighted by Gasteiger charge is 2.46. The minimum absolute atomic E-state index is 0.229. The minimum atomic E-state index is -1.19. The van der Waals surface area contributed by atoms with Gasteiger partial charge in [-0.25, -0.2) is 4.79 Å². The largest absolute Gasteiger partial charge is 0.480 e. The third kappa shape index (κ3) is 2.24. The number of rotatable bonds is 3. The van der Waals surface area contributed by atoms with Gasteiger partial charge >= 0.3 is 5.97 Å². The van der Waals surface area contributed by atoms with E-state index in [2.05, 4.69) is 0 Å². The Morgan fingerprint density at radius 2 is 1.95 bits per heavy atom. The molecule has 0 bridgehead atoms.